The molecule has 0 bridgehead atoms. The van der Waals surface area contributed by atoms with Crippen LogP contribution in [0, 0.1) is 5.82 Å². The molecule has 1 aliphatic heterocycles. The third-order valence-electron chi connectivity index (χ3n) is 4.21. The van der Waals surface area contributed by atoms with E-state index in [0.29, 0.717) is 17.9 Å². The van der Waals surface area contributed by atoms with Crippen LogP contribution in [0.3, 0.4) is 0 Å². The van der Waals surface area contributed by atoms with Crippen molar-refractivity contribution in [2.75, 3.05) is 0 Å². The molecule has 4 nitrogen and oxygen atoms in total. The SMILES string of the molecule is O=C1OC(c2ccccc2Br)=N/C1=C/c1cccc(OCc2ccc(F)cc2)c1. The van der Waals surface area contributed by atoms with E-state index in [0.717, 1.165) is 15.6 Å². The molecule has 144 valence electrons. The first-order valence-electron chi connectivity index (χ1n) is 8.83. The van der Waals surface area contributed by atoms with Crippen molar-refractivity contribution in [1.82, 2.24) is 0 Å². The highest BCUT2D eigenvalue weighted by atomic mass is 79.9. The molecule has 3 aromatic rings. The van der Waals surface area contributed by atoms with Crippen LogP contribution < -0.4 is 4.74 Å². The van der Waals surface area contributed by atoms with Gasteiger partial charge in [-0.1, -0.05) is 36.4 Å². The quantitative estimate of drug-likeness (QED) is 0.379. The van der Waals surface area contributed by atoms with Gasteiger partial charge in [-0.3, -0.25) is 0 Å². The number of rotatable bonds is 5. The number of halogens is 2. The molecule has 1 aliphatic rings. The molecule has 3 aromatic carbocycles. The van der Waals surface area contributed by atoms with Crippen LogP contribution in [0.4, 0.5) is 4.39 Å². The third kappa shape index (κ3) is 4.60. The van der Waals surface area contributed by atoms with Crippen LogP contribution >= 0.6 is 15.9 Å². The number of carbonyl (C=O) groups is 1. The molecule has 0 saturated heterocycles. The van der Waals surface area contributed by atoms with Crippen molar-refractivity contribution >= 4 is 33.9 Å². The minimum absolute atomic E-state index is 0.214. The van der Waals surface area contributed by atoms with Crippen molar-refractivity contribution in [3.63, 3.8) is 0 Å². The summed E-state index contributed by atoms with van der Waals surface area (Å²) in [5.74, 6) is 0.101. The molecule has 0 N–H and O–H groups in total. The minimum atomic E-state index is -0.506. The largest absolute Gasteiger partial charge is 0.489 e. The number of hydrogen-bond acceptors (Lipinski definition) is 4. The second-order valence-electron chi connectivity index (χ2n) is 6.30. The lowest BCUT2D eigenvalue weighted by atomic mass is 10.2. The monoisotopic (exact) mass is 451 g/mol. The molecule has 0 amide bonds. The van der Waals surface area contributed by atoms with Gasteiger partial charge >= 0.3 is 5.97 Å². The minimum Gasteiger partial charge on any atom is -0.489 e. The van der Waals surface area contributed by atoms with Crippen molar-refractivity contribution < 1.29 is 18.7 Å². The summed E-state index contributed by atoms with van der Waals surface area (Å²) in [5.41, 5.74) is 2.54. The summed E-state index contributed by atoms with van der Waals surface area (Å²) in [6.07, 6.45) is 1.65. The number of esters is 1. The van der Waals surface area contributed by atoms with Crippen molar-refractivity contribution in [2.24, 2.45) is 4.99 Å². The fraction of sp³-hybridized carbons (Fsp3) is 0.0435. The van der Waals surface area contributed by atoms with Crippen LogP contribution in [0.2, 0.25) is 0 Å². The standard InChI is InChI=1S/C23H15BrFNO3/c24-20-7-2-1-6-19(20)22-26-21(23(27)29-22)13-16-4-3-5-18(12-16)28-14-15-8-10-17(25)11-9-15/h1-13H,14H2/b21-13+. The summed E-state index contributed by atoms with van der Waals surface area (Å²) in [6.45, 7) is 0.312. The second-order valence-corrected chi connectivity index (χ2v) is 7.16. The van der Waals surface area contributed by atoms with Crippen molar-refractivity contribution in [3.05, 3.63) is 105 Å². The summed E-state index contributed by atoms with van der Waals surface area (Å²) in [5, 5.41) is 0. The lowest BCUT2D eigenvalue weighted by Crippen LogP contribution is -2.05. The molecule has 0 radical (unpaired) electrons. The number of aliphatic imine (C=N–C) groups is 1. The zero-order valence-corrected chi connectivity index (χ0v) is 16.7. The maximum Gasteiger partial charge on any atom is 0.363 e. The number of carbonyl (C=O) groups excluding carboxylic acids is 1. The normalized spacial score (nSPS) is 14.6. The van der Waals surface area contributed by atoms with E-state index in [1.54, 1.807) is 24.3 Å². The summed E-state index contributed by atoms with van der Waals surface area (Å²) < 4.78 is 24.9. The highest BCUT2D eigenvalue weighted by Gasteiger charge is 2.25. The average molecular weight is 452 g/mol. The van der Waals surface area contributed by atoms with Gasteiger partial charge in [0, 0.05) is 4.47 Å². The smallest absolute Gasteiger partial charge is 0.363 e. The van der Waals surface area contributed by atoms with E-state index >= 15 is 0 Å². The van der Waals surface area contributed by atoms with Crippen LogP contribution in [0.5, 0.6) is 5.75 Å². The van der Waals surface area contributed by atoms with E-state index in [1.807, 2.05) is 42.5 Å². The van der Waals surface area contributed by atoms with E-state index < -0.39 is 5.97 Å². The molecule has 29 heavy (non-hydrogen) atoms. The second kappa shape index (κ2) is 8.41. The predicted molar refractivity (Wildman–Crippen MR) is 112 cm³/mol. The Morgan fingerprint density at radius 1 is 1.03 bits per heavy atom. The van der Waals surface area contributed by atoms with Crippen LogP contribution in [0.1, 0.15) is 16.7 Å². The van der Waals surface area contributed by atoms with Crippen LogP contribution in [-0.2, 0) is 16.1 Å². The zero-order chi connectivity index (χ0) is 20.2. The van der Waals surface area contributed by atoms with E-state index in [2.05, 4.69) is 20.9 Å². The van der Waals surface area contributed by atoms with Gasteiger partial charge < -0.3 is 9.47 Å². The Labute approximate surface area is 175 Å². The zero-order valence-electron chi connectivity index (χ0n) is 15.1. The van der Waals surface area contributed by atoms with Crippen molar-refractivity contribution in [2.45, 2.75) is 6.61 Å². The Kier molecular flexibility index (Phi) is 5.53. The summed E-state index contributed by atoms with van der Waals surface area (Å²) in [6, 6.07) is 20.8. The highest BCUT2D eigenvalue weighted by molar-refractivity contribution is 9.10. The van der Waals surface area contributed by atoms with Crippen molar-refractivity contribution in [1.29, 1.82) is 0 Å². The third-order valence-corrected chi connectivity index (χ3v) is 4.90. The van der Waals surface area contributed by atoms with Gasteiger partial charge in [-0.15, -0.1) is 0 Å². The Morgan fingerprint density at radius 2 is 1.83 bits per heavy atom. The van der Waals surface area contributed by atoms with Crippen LogP contribution in [-0.4, -0.2) is 11.9 Å². The summed E-state index contributed by atoms with van der Waals surface area (Å²) in [4.78, 5) is 16.5. The van der Waals surface area contributed by atoms with Gasteiger partial charge in [0.15, 0.2) is 5.70 Å². The average Bonchev–Trinajstić information content (AvgIpc) is 3.08. The highest BCUT2D eigenvalue weighted by Crippen LogP contribution is 2.25. The molecule has 0 atom stereocenters. The van der Waals surface area contributed by atoms with E-state index in [9.17, 15) is 9.18 Å². The molecule has 0 spiro atoms. The first kappa shape index (κ1) is 19.1. The lowest BCUT2D eigenvalue weighted by molar-refractivity contribution is -0.129. The predicted octanol–water partition coefficient (Wildman–Crippen LogP) is 5.51. The van der Waals surface area contributed by atoms with Gasteiger partial charge in [0.25, 0.3) is 0 Å². The summed E-state index contributed by atoms with van der Waals surface area (Å²) in [7, 11) is 0. The number of cyclic esters (lactones) is 1. The number of benzene rings is 3. The molecule has 4 rings (SSSR count). The fourth-order valence-corrected chi connectivity index (χ4v) is 3.21. The van der Waals surface area contributed by atoms with E-state index in [4.69, 9.17) is 9.47 Å². The summed E-state index contributed by atoms with van der Waals surface area (Å²) >= 11 is 3.43. The van der Waals surface area contributed by atoms with Gasteiger partial charge in [0.2, 0.25) is 5.90 Å². The van der Waals surface area contributed by atoms with Crippen molar-refractivity contribution in [3.8, 4) is 5.75 Å². The Hall–Kier alpha value is -3.25. The molecule has 1 heterocycles. The molecule has 0 fully saturated rings. The van der Waals surface area contributed by atoms with Gasteiger partial charge in [0.05, 0.1) is 5.56 Å². The molecule has 0 aromatic heterocycles. The first-order valence-corrected chi connectivity index (χ1v) is 9.62. The maximum absolute atomic E-state index is 13.0. The molecule has 0 unspecified atom stereocenters. The lowest BCUT2D eigenvalue weighted by Gasteiger charge is -2.07. The Morgan fingerprint density at radius 3 is 2.62 bits per heavy atom. The molecular formula is C23H15BrFNO3. The van der Waals surface area contributed by atoms with Gasteiger partial charge in [-0.25, -0.2) is 14.2 Å². The van der Waals surface area contributed by atoms with Gasteiger partial charge in [-0.05, 0) is 69.5 Å². The van der Waals surface area contributed by atoms with Crippen LogP contribution in [0.15, 0.2) is 88.0 Å². The van der Waals surface area contributed by atoms with E-state index in [-0.39, 0.29) is 17.4 Å². The molecular weight excluding hydrogens is 437 g/mol. The number of hydrogen-bond donors (Lipinski definition) is 0. The Bertz CT molecular complexity index is 1120. The van der Waals surface area contributed by atoms with Gasteiger partial charge in [-0.2, -0.15) is 0 Å². The number of ether oxygens (including phenoxy) is 2. The van der Waals surface area contributed by atoms with Gasteiger partial charge in [0.1, 0.15) is 18.2 Å². The number of nitrogens with zero attached hydrogens (tertiary/aromatic N) is 1. The van der Waals surface area contributed by atoms with E-state index in [1.165, 1.54) is 12.1 Å². The molecule has 6 heteroatoms. The molecule has 0 aliphatic carbocycles. The fourth-order valence-electron chi connectivity index (χ4n) is 2.76. The molecule has 0 saturated carbocycles. The maximum atomic E-state index is 13.0. The topological polar surface area (TPSA) is 47.9 Å². The van der Waals surface area contributed by atoms with Crippen LogP contribution in [0.25, 0.3) is 6.08 Å². The Balaban J connectivity index is 1.52. The first-order chi connectivity index (χ1) is 14.1.